The van der Waals surface area contributed by atoms with Crippen LogP contribution >= 0.6 is 23.4 Å². The number of halogens is 1. The van der Waals surface area contributed by atoms with Crippen molar-refractivity contribution in [1.82, 2.24) is 4.98 Å². The third kappa shape index (κ3) is 4.54. The number of anilines is 1. The van der Waals surface area contributed by atoms with Crippen LogP contribution in [0.5, 0.6) is 0 Å². The molecule has 1 amide bonds. The van der Waals surface area contributed by atoms with Gasteiger partial charge in [0.2, 0.25) is 5.91 Å². The molecule has 5 heteroatoms. The number of nitrogens with one attached hydrogen (secondary N) is 1. The maximum atomic E-state index is 11.9. The standard InChI is InChI=1S/C15H15ClN2OS/c1-11-5-6-12(16)10-13(11)18-14(19)7-9-20-15-4-2-3-8-17-15/h2-6,8,10H,7,9H2,1H3,(H,18,19). The van der Waals surface area contributed by atoms with Crippen molar-refractivity contribution in [3.63, 3.8) is 0 Å². The van der Waals surface area contributed by atoms with Crippen LogP contribution in [0.15, 0.2) is 47.6 Å². The number of rotatable bonds is 5. The fourth-order valence-corrected chi connectivity index (χ4v) is 2.60. The Morgan fingerprint density at radius 3 is 2.95 bits per heavy atom. The third-order valence-corrected chi connectivity index (χ3v) is 3.87. The fourth-order valence-electron chi connectivity index (χ4n) is 1.62. The summed E-state index contributed by atoms with van der Waals surface area (Å²) in [6.07, 6.45) is 2.19. The van der Waals surface area contributed by atoms with Gasteiger partial charge in [-0.25, -0.2) is 4.98 Å². The Bertz CT molecular complexity index is 590. The van der Waals surface area contributed by atoms with Crippen LogP contribution in [0, 0.1) is 6.92 Å². The zero-order valence-corrected chi connectivity index (χ0v) is 12.7. The molecule has 0 unspecified atom stereocenters. The summed E-state index contributed by atoms with van der Waals surface area (Å²) in [4.78, 5) is 16.1. The van der Waals surface area contributed by atoms with Gasteiger partial charge in [-0.1, -0.05) is 23.7 Å². The van der Waals surface area contributed by atoms with Crippen molar-refractivity contribution in [3.05, 3.63) is 53.2 Å². The number of carbonyl (C=O) groups excluding carboxylic acids is 1. The maximum Gasteiger partial charge on any atom is 0.225 e. The van der Waals surface area contributed by atoms with E-state index in [-0.39, 0.29) is 5.91 Å². The van der Waals surface area contributed by atoms with Gasteiger partial charge in [0, 0.05) is 29.1 Å². The number of hydrogen-bond donors (Lipinski definition) is 1. The Morgan fingerprint density at radius 1 is 1.35 bits per heavy atom. The minimum absolute atomic E-state index is 0.0150. The van der Waals surface area contributed by atoms with Gasteiger partial charge in [0.05, 0.1) is 5.03 Å². The molecule has 20 heavy (non-hydrogen) atoms. The summed E-state index contributed by atoms with van der Waals surface area (Å²) in [6.45, 7) is 1.94. The predicted molar refractivity (Wildman–Crippen MR) is 84.4 cm³/mol. The number of thioether (sulfide) groups is 1. The molecule has 0 aliphatic rings. The molecule has 1 aromatic heterocycles. The van der Waals surface area contributed by atoms with Gasteiger partial charge in [0.25, 0.3) is 0 Å². The first kappa shape index (κ1) is 14.9. The van der Waals surface area contributed by atoms with Gasteiger partial charge < -0.3 is 5.32 Å². The van der Waals surface area contributed by atoms with Crippen LogP contribution in [0.2, 0.25) is 5.02 Å². The van der Waals surface area contributed by atoms with Crippen molar-refractivity contribution in [2.24, 2.45) is 0 Å². The lowest BCUT2D eigenvalue weighted by Gasteiger charge is -2.08. The predicted octanol–water partition coefficient (Wildman–Crippen LogP) is 4.16. The van der Waals surface area contributed by atoms with E-state index in [2.05, 4.69) is 10.3 Å². The first-order valence-corrected chi connectivity index (χ1v) is 7.61. The summed E-state index contributed by atoms with van der Waals surface area (Å²) in [5.74, 6) is 0.682. The molecule has 0 radical (unpaired) electrons. The second kappa shape index (κ2) is 7.31. The largest absolute Gasteiger partial charge is 0.326 e. The summed E-state index contributed by atoms with van der Waals surface area (Å²) < 4.78 is 0. The van der Waals surface area contributed by atoms with E-state index in [0.29, 0.717) is 17.2 Å². The first-order chi connectivity index (χ1) is 9.65. The molecule has 1 N–H and O–H groups in total. The van der Waals surface area contributed by atoms with Gasteiger partial charge in [-0.15, -0.1) is 11.8 Å². The van der Waals surface area contributed by atoms with E-state index >= 15 is 0 Å². The summed E-state index contributed by atoms with van der Waals surface area (Å²) in [6, 6.07) is 11.2. The van der Waals surface area contributed by atoms with E-state index in [9.17, 15) is 4.79 Å². The molecule has 2 aromatic rings. The van der Waals surface area contributed by atoms with Gasteiger partial charge >= 0.3 is 0 Å². The number of amides is 1. The van der Waals surface area contributed by atoms with E-state index in [4.69, 9.17) is 11.6 Å². The Labute approximate surface area is 127 Å². The normalized spacial score (nSPS) is 10.3. The molecule has 0 fully saturated rings. The van der Waals surface area contributed by atoms with Crippen molar-refractivity contribution in [3.8, 4) is 0 Å². The highest BCUT2D eigenvalue weighted by Gasteiger charge is 2.06. The number of aromatic nitrogens is 1. The van der Waals surface area contributed by atoms with E-state index in [1.807, 2.05) is 37.3 Å². The van der Waals surface area contributed by atoms with Crippen molar-refractivity contribution in [2.75, 3.05) is 11.1 Å². The first-order valence-electron chi connectivity index (χ1n) is 6.25. The lowest BCUT2D eigenvalue weighted by Crippen LogP contribution is -2.13. The van der Waals surface area contributed by atoms with Gasteiger partial charge in [-0.2, -0.15) is 0 Å². The lowest BCUT2D eigenvalue weighted by molar-refractivity contribution is -0.115. The van der Waals surface area contributed by atoms with Crippen LogP contribution in [0.3, 0.4) is 0 Å². The van der Waals surface area contributed by atoms with Crippen LogP contribution in [0.25, 0.3) is 0 Å². The van der Waals surface area contributed by atoms with Crippen molar-refractivity contribution >= 4 is 35.0 Å². The molecule has 1 aromatic carbocycles. The smallest absolute Gasteiger partial charge is 0.225 e. The third-order valence-electron chi connectivity index (χ3n) is 2.69. The van der Waals surface area contributed by atoms with Crippen LogP contribution in [-0.4, -0.2) is 16.6 Å². The molecule has 0 saturated heterocycles. The van der Waals surface area contributed by atoms with Crippen LogP contribution in [0.4, 0.5) is 5.69 Å². The molecule has 0 bridgehead atoms. The number of nitrogens with zero attached hydrogens (tertiary/aromatic N) is 1. The maximum absolute atomic E-state index is 11.9. The zero-order chi connectivity index (χ0) is 14.4. The van der Waals surface area contributed by atoms with Crippen molar-refractivity contribution in [2.45, 2.75) is 18.4 Å². The molecular formula is C15H15ClN2OS. The van der Waals surface area contributed by atoms with Crippen LogP contribution < -0.4 is 5.32 Å². The number of aryl methyl sites for hydroxylation is 1. The summed E-state index contributed by atoms with van der Waals surface area (Å²) >= 11 is 7.49. The zero-order valence-electron chi connectivity index (χ0n) is 11.1. The molecule has 0 atom stereocenters. The van der Waals surface area contributed by atoms with E-state index in [1.54, 1.807) is 24.0 Å². The summed E-state index contributed by atoms with van der Waals surface area (Å²) in [7, 11) is 0. The highest BCUT2D eigenvalue weighted by molar-refractivity contribution is 7.99. The number of pyridine rings is 1. The van der Waals surface area contributed by atoms with Crippen LogP contribution in [0.1, 0.15) is 12.0 Å². The highest BCUT2D eigenvalue weighted by atomic mass is 35.5. The minimum Gasteiger partial charge on any atom is -0.326 e. The average molecular weight is 307 g/mol. The Balaban J connectivity index is 1.82. The second-order valence-corrected chi connectivity index (χ2v) is 5.83. The molecular weight excluding hydrogens is 292 g/mol. The summed E-state index contributed by atoms with van der Waals surface area (Å²) in [5, 5.41) is 4.43. The van der Waals surface area contributed by atoms with Gasteiger partial charge in [-0.05, 0) is 36.8 Å². The molecule has 0 aliphatic heterocycles. The molecule has 2 rings (SSSR count). The number of hydrogen-bond acceptors (Lipinski definition) is 3. The molecule has 0 spiro atoms. The Morgan fingerprint density at radius 2 is 2.20 bits per heavy atom. The van der Waals surface area contributed by atoms with E-state index in [0.717, 1.165) is 16.3 Å². The topological polar surface area (TPSA) is 42.0 Å². The van der Waals surface area contributed by atoms with Gasteiger partial charge in [0.15, 0.2) is 0 Å². The number of carbonyl (C=O) groups is 1. The Kier molecular flexibility index (Phi) is 5.44. The SMILES string of the molecule is Cc1ccc(Cl)cc1NC(=O)CCSc1ccccn1. The number of benzene rings is 1. The average Bonchev–Trinajstić information content (AvgIpc) is 2.44. The lowest BCUT2D eigenvalue weighted by atomic mass is 10.2. The highest BCUT2D eigenvalue weighted by Crippen LogP contribution is 2.21. The molecule has 1 heterocycles. The van der Waals surface area contributed by atoms with Gasteiger partial charge in [0.1, 0.15) is 0 Å². The minimum atomic E-state index is -0.0150. The second-order valence-electron chi connectivity index (χ2n) is 4.27. The molecule has 0 saturated carbocycles. The van der Waals surface area contributed by atoms with Crippen molar-refractivity contribution in [1.29, 1.82) is 0 Å². The Hall–Kier alpha value is -1.52. The van der Waals surface area contributed by atoms with E-state index in [1.165, 1.54) is 0 Å². The molecule has 104 valence electrons. The molecule has 3 nitrogen and oxygen atoms in total. The monoisotopic (exact) mass is 306 g/mol. The van der Waals surface area contributed by atoms with Gasteiger partial charge in [-0.3, -0.25) is 4.79 Å². The van der Waals surface area contributed by atoms with Crippen LogP contribution in [-0.2, 0) is 4.79 Å². The quantitative estimate of drug-likeness (QED) is 0.843. The van der Waals surface area contributed by atoms with E-state index < -0.39 is 0 Å². The summed E-state index contributed by atoms with van der Waals surface area (Å²) in [5.41, 5.74) is 1.77. The van der Waals surface area contributed by atoms with Crippen molar-refractivity contribution < 1.29 is 4.79 Å². The fraction of sp³-hybridized carbons (Fsp3) is 0.200. The molecule has 0 aliphatic carbocycles.